The highest BCUT2D eigenvalue weighted by molar-refractivity contribution is 9.11. The lowest BCUT2D eigenvalue weighted by molar-refractivity contribution is -0.120. The summed E-state index contributed by atoms with van der Waals surface area (Å²) in [6.45, 7) is 3.93. The van der Waals surface area contributed by atoms with Gasteiger partial charge in [0.25, 0.3) is 0 Å². The lowest BCUT2D eigenvalue weighted by Crippen LogP contribution is -2.45. The molecule has 0 radical (unpaired) electrons. The first-order valence-corrected chi connectivity index (χ1v) is 7.33. The van der Waals surface area contributed by atoms with Crippen molar-refractivity contribution in [1.82, 2.24) is 10.6 Å². The number of hydrogen-bond acceptors (Lipinski definition) is 3. The molecule has 0 bridgehead atoms. The third-order valence-corrected chi connectivity index (χ3v) is 3.61. The highest BCUT2D eigenvalue weighted by atomic mass is 79.9. The quantitative estimate of drug-likeness (QED) is 0.737. The first-order valence-electron chi connectivity index (χ1n) is 5.75. The number of rotatable bonds is 4. The van der Waals surface area contributed by atoms with Gasteiger partial charge in [0.2, 0.25) is 5.91 Å². The van der Waals surface area contributed by atoms with E-state index in [9.17, 15) is 9.59 Å². The monoisotopic (exact) mass is 391 g/mol. The Bertz CT molecular complexity index is 460. The second kappa shape index (κ2) is 7.49. The van der Waals surface area contributed by atoms with Crippen LogP contribution in [0.4, 0.5) is 10.5 Å². The molecule has 0 saturated heterocycles. The van der Waals surface area contributed by atoms with Gasteiger partial charge in [-0.25, -0.2) is 4.79 Å². The van der Waals surface area contributed by atoms with Gasteiger partial charge in [-0.05, 0) is 57.8 Å². The molecule has 7 heteroatoms. The maximum absolute atomic E-state index is 11.8. The van der Waals surface area contributed by atoms with Crippen LogP contribution in [0.25, 0.3) is 0 Å². The van der Waals surface area contributed by atoms with Crippen LogP contribution in [0, 0.1) is 0 Å². The summed E-state index contributed by atoms with van der Waals surface area (Å²) in [4.78, 5) is 23.0. The van der Waals surface area contributed by atoms with Crippen molar-refractivity contribution < 1.29 is 9.59 Å². The molecule has 5 nitrogen and oxygen atoms in total. The van der Waals surface area contributed by atoms with E-state index < -0.39 is 18.0 Å². The van der Waals surface area contributed by atoms with Gasteiger partial charge in [-0.15, -0.1) is 0 Å². The zero-order chi connectivity index (χ0) is 14.4. The third-order valence-electron chi connectivity index (χ3n) is 2.29. The molecule has 1 rings (SSSR count). The van der Waals surface area contributed by atoms with Gasteiger partial charge < -0.3 is 10.6 Å². The van der Waals surface area contributed by atoms with Gasteiger partial charge in [-0.2, -0.15) is 0 Å². The zero-order valence-electron chi connectivity index (χ0n) is 10.6. The minimum atomic E-state index is -0.544. The molecule has 19 heavy (non-hydrogen) atoms. The molecule has 1 unspecified atom stereocenters. The Morgan fingerprint density at radius 1 is 1.26 bits per heavy atom. The fraction of sp³-hybridized carbons (Fsp3) is 0.333. The Kier molecular flexibility index (Phi) is 6.30. The predicted molar refractivity (Wildman–Crippen MR) is 82.1 cm³/mol. The van der Waals surface area contributed by atoms with Crippen LogP contribution in [-0.2, 0) is 4.79 Å². The van der Waals surface area contributed by atoms with E-state index in [0.29, 0.717) is 6.54 Å². The topological polar surface area (TPSA) is 70.2 Å². The minimum Gasteiger partial charge on any atom is -0.372 e. The summed E-state index contributed by atoms with van der Waals surface area (Å²) in [5.41, 5.74) is 0.765. The van der Waals surface area contributed by atoms with E-state index in [1.165, 1.54) is 0 Å². The molecule has 0 heterocycles. The number of urea groups is 1. The maximum Gasteiger partial charge on any atom is 0.321 e. The van der Waals surface area contributed by atoms with Crippen LogP contribution in [0.1, 0.15) is 13.8 Å². The molecule has 1 aromatic rings. The van der Waals surface area contributed by atoms with Gasteiger partial charge >= 0.3 is 6.03 Å². The Hall–Kier alpha value is -1.08. The molecular weight excluding hydrogens is 378 g/mol. The summed E-state index contributed by atoms with van der Waals surface area (Å²) >= 11 is 6.79. The number of halogens is 2. The van der Waals surface area contributed by atoms with E-state index in [1.807, 2.05) is 18.2 Å². The molecule has 0 fully saturated rings. The molecule has 0 saturated carbocycles. The number of benzene rings is 1. The molecule has 104 valence electrons. The van der Waals surface area contributed by atoms with Crippen molar-refractivity contribution >= 4 is 49.5 Å². The number of hydrogen-bond donors (Lipinski definition) is 3. The van der Waals surface area contributed by atoms with Crippen LogP contribution in [0.3, 0.4) is 0 Å². The lowest BCUT2D eigenvalue weighted by Gasteiger charge is -2.17. The van der Waals surface area contributed by atoms with Gasteiger partial charge in [-0.3, -0.25) is 10.1 Å². The summed E-state index contributed by atoms with van der Waals surface area (Å²) in [6, 6.07) is 4.56. The fourth-order valence-electron chi connectivity index (χ4n) is 1.34. The average molecular weight is 393 g/mol. The standard InChI is InChI=1S/C12H15Br2N3O2/c1-3-15-12(19)17-11(18)7(2)16-10-8(13)5-4-6-9(10)14/h4-7,16H,3H2,1-2H3,(H2,15,17,18,19). The van der Waals surface area contributed by atoms with Crippen molar-refractivity contribution in [3.63, 3.8) is 0 Å². The molecule has 0 aliphatic rings. The summed E-state index contributed by atoms with van der Waals surface area (Å²) < 4.78 is 1.67. The van der Waals surface area contributed by atoms with E-state index in [0.717, 1.165) is 14.6 Å². The largest absolute Gasteiger partial charge is 0.372 e. The van der Waals surface area contributed by atoms with Gasteiger partial charge in [0.1, 0.15) is 6.04 Å². The number of amides is 3. The van der Waals surface area contributed by atoms with Crippen LogP contribution in [-0.4, -0.2) is 24.5 Å². The van der Waals surface area contributed by atoms with Gasteiger partial charge in [0, 0.05) is 15.5 Å². The molecule has 1 aromatic carbocycles. The molecular formula is C12H15Br2N3O2. The zero-order valence-corrected chi connectivity index (χ0v) is 13.8. The van der Waals surface area contributed by atoms with E-state index in [-0.39, 0.29) is 0 Å². The van der Waals surface area contributed by atoms with Crippen LogP contribution in [0.15, 0.2) is 27.1 Å². The predicted octanol–water partition coefficient (Wildman–Crippen LogP) is 2.86. The number of anilines is 1. The highest BCUT2D eigenvalue weighted by Gasteiger charge is 2.17. The van der Waals surface area contributed by atoms with Crippen LogP contribution >= 0.6 is 31.9 Å². The second-order valence-electron chi connectivity index (χ2n) is 3.81. The third kappa shape index (κ3) is 4.83. The van der Waals surface area contributed by atoms with Crippen molar-refractivity contribution in [2.24, 2.45) is 0 Å². The molecule has 3 amide bonds. The number of carbonyl (C=O) groups is 2. The summed E-state index contributed by atoms with van der Waals surface area (Å²) in [5, 5.41) is 7.80. The van der Waals surface area contributed by atoms with Crippen LogP contribution < -0.4 is 16.0 Å². The second-order valence-corrected chi connectivity index (χ2v) is 5.52. The summed E-state index contributed by atoms with van der Waals surface area (Å²) in [6.07, 6.45) is 0. The van der Waals surface area contributed by atoms with Gasteiger partial charge in [-0.1, -0.05) is 6.07 Å². The van der Waals surface area contributed by atoms with Crippen molar-refractivity contribution in [3.05, 3.63) is 27.1 Å². The molecule has 0 aliphatic heterocycles. The minimum absolute atomic E-state index is 0.395. The Labute approximate surface area is 128 Å². The van der Waals surface area contributed by atoms with Crippen molar-refractivity contribution in [1.29, 1.82) is 0 Å². The number of nitrogens with one attached hydrogen (secondary N) is 3. The maximum atomic E-state index is 11.8. The Morgan fingerprint density at radius 2 is 1.84 bits per heavy atom. The average Bonchev–Trinajstić information content (AvgIpc) is 2.34. The van der Waals surface area contributed by atoms with Crippen LogP contribution in [0.5, 0.6) is 0 Å². The molecule has 3 N–H and O–H groups in total. The van der Waals surface area contributed by atoms with Crippen molar-refractivity contribution in [2.45, 2.75) is 19.9 Å². The number of imide groups is 1. The molecule has 0 aliphatic carbocycles. The summed E-state index contributed by atoms with van der Waals surface area (Å²) in [7, 11) is 0. The number of para-hydroxylation sites is 1. The van der Waals surface area contributed by atoms with Gasteiger partial charge in [0.05, 0.1) is 5.69 Å². The SMILES string of the molecule is CCNC(=O)NC(=O)C(C)Nc1c(Br)cccc1Br. The highest BCUT2D eigenvalue weighted by Crippen LogP contribution is 2.30. The fourth-order valence-corrected chi connectivity index (χ4v) is 2.57. The Balaban J connectivity index is 2.66. The lowest BCUT2D eigenvalue weighted by atomic mass is 10.2. The molecule has 0 spiro atoms. The van der Waals surface area contributed by atoms with E-state index >= 15 is 0 Å². The van der Waals surface area contributed by atoms with E-state index in [1.54, 1.807) is 13.8 Å². The normalized spacial score (nSPS) is 11.6. The molecule has 0 aromatic heterocycles. The van der Waals surface area contributed by atoms with Crippen molar-refractivity contribution in [3.8, 4) is 0 Å². The number of carbonyl (C=O) groups excluding carboxylic acids is 2. The smallest absolute Gasteiger partial charge is 0.321 e. The first-order chi connectivity index (χ1) is 8.95. The van der Waals surface area contributed by atoms with E-state index in [4.69, 9.17) is 0 Å². The van der Waals surface area contributed by atoms with Gasteiger partial charge in [0.15, 0.2) is 0 Å². The molecule has 1 atom stereocenters. The first kappa shape index (κ1) is 16.0. The van der Waals surface area contributed by atoms with Crippen LogP contribution in [0.2, 0.25) is 0 Å². The van der Waals surface area contributed by atoms with E-state index in [2.05, 4.69) is 47.8 Å². The Morgan fingerprint density at radius 3 is 2.37 bits per heavy atom. The van der Waals surface area contributed by atoms with Crippen molar-refractivity contribution in [2.75, 3.05) is 11.9 Å². The summed E-state index contributed by atoms with van der Waals surface area (Å²) in [5.74, 6) is -0.395.